The Balaban J connectivity index is 1.67. The molecule has 162 valence electrons. The summed E-state index contributed by atoms with van der Waals surface area (Å²) in [4.78, 5) is 23.1. The normalized spacial score (nSPS) is 11.2. The molecule has 0 bridgehead atoms. The number of fused-ring (bicyclic) bond motifs is 1. The lowest BCUT2D eigenvalue weighted by atomic mass is 10.0. The first kappa shape index (κ1) is 21.5. The summed E-state index contributed by atoms with van der Waals surface area (Å²) in [6.07, 6.45) is 3.40. The summed E-state index contributed by atoms with van der Waals surface area (Å²) in [5.74, 6) is -0.685. The van der Waals surface area contributed by atoms with Crippen molar-refractivity contribution in [1.29, 1.82) is 5.26 Å². The van der Waals surface area contributed by atoms with Gasteiger partial charge in [-0.05, 0) is 42.0 Å². The zero-order valence-corrected chi connectivity index (χ0v) is 17.2. The number of para-hydroxylation sites is 1. The molecule has 33 heavy (non-hydrogen) atoms. The number of hydrogen-bond donors (Lipinski definition) is 1. The molecule has 0 saturated heterocycles. The van der Waals surface area contributed by atoms with Crippen LogP contribution in [-0.2, 0) is 11.3 Å². The maximum Gasteiger partial charge on any atom is 0.270 e. The molecule has 1 amide bonds. The van der Waals surface area contributed by atoms with E-state index in [1.807, 2.05) is 24.3 Å². The van der Waals surface area contributed by atoms with Crippen LogP contribution in [0, 0.1) is 27.3 Å². The minimum absolute atomic E-state index is 0.00439. The number of nitro groups is 1. The molecule has 0 atom stereocenters. The lowest BCUT2D eigenvalue weighted by molar-refractivity contribution is -0.384. The number of nitriles is 1. The summed E-state index contributed by atoms with van der Waals surface area (Å²) in [6.45, 7) is 0.00439. The van der Waals surface area contributed by atoms with Crippen molar-refractivity contribution in [2.24, 2.45) is 0 Å². The topological polar surface area (TPSA) is 101 Å². The van der Waals surface area contributed by atoms with E-state index >= 15 is 0 Å². The van der Waals surface area contributed by atoms with Gasteiger partial charge in [-0.15, -0.1) is 0 Å². The average Bonchev–Trinajstić information content (AvgIpc) is 3.16. The van der Waals surface area contributed by atoms with Crippen LogP contribution >= 0.6 is 0 Å². The molecule has 1 N–H and O–H groups in total. The van der Waals surface area contributed by atoms with E-state index in [9.17, 15) is 24.6 Å². The van der Waals surface area contributed by atoms with Gasteiger partial charge in [-0.1, -0.05) is 30.3 Å². The molecule has 1 aromatic heterocycles. The van der Waals surface area contributed by atoms with Crippen molar-refractivity contribution in [2.45, 2.75) is 6.54 Å². The summed E-state index contributed by atoms with van der Waals surface area (Å²) in [5.41, 5.74) is 2.55. The number of aromatic nitrogens is 1. The summed E-state index contributed by atoms with van der Waals surface area (Å²) in [5, 5.41) is 24.3. The molecular formula is C25H17FN4O3. The summed E-state index contributed by atoms with van der Waals surface area (Å²) < 4.78 is 14.8. The van der Waals surface area contributed by atoms with Gasteiger partial charge in [0.25, 0.3) is 5.69 Å². The van der Waals surface area contributed by atoms with Gasteiger partial charge in [0, 0.05) is 40.5 Å². The molecule has 4 aromatic rings. The third-order valence-electron chi connectivity index (χ3n) is 5.05. The van der Waals surface area contributed by atoms with Crippen molar-refractivity contribution in [2.75, 3.05) is 5.32 Å². The van der Waals surface area contributed by atoms with Crippen LogP contribution in [0.15, 0.2) is 79.0 Å². The molecule has 0 aliphatic carbocycles. The lowest BCUT2D eigenvalue weighted by Crippen LogP contribution is -2.18. The third kappa shape index (κ3) is 4.78. The zero-order chi connectivity index (χ0) is 23.4. The highest BCUT2D eigenvalue weighted by molar-refractivity contribution is 5.99. The van der Waals surface area contributed by atoms with Crippen molar-refractivity contribution in [3.05, 3.63) is 106 Å². The summed E-state index contributed by atoms with van der Waals surface area (Å²) >= 11 is 0. The quantitative estimate of drug-likeness (QED) is 0.247. The highest BCUT2D eigenvalue weighted by atomic mass is 19.1. The number of nitrogens with one attached hydrogen (secondary N) is 1. The van der Waals surface area contributed by atoms with Crippen LogP contribution in [0.1, 0.15) is 11.1 Å². The summed E-state index contributed by atoms with van der Waals surface area (Å²) in [6, 6.07) is 20.9. The first-order chi connectivity index (χ1) is 15.9. The fourth-order valence-corrected chi connectivity index (χ4v) is 3.53. The van der Waals surface area contributed by atoms with Crippen molar-refractivity contribution >= 4 is 39.8 Å². The number of hydrogen-bond acceptors (Lipinski definition) is 4. The largest absolute Gasteiger partial charge is 0.337 e. The van der Waals surface area contributed by atoms with E-state index in [1.54, 1.807) is 22.9 Å². The van der Waals surface area contributed by atoms with Gasteiger partial charge in [0.2, 0.25) is 5.91 Å². The standard InChI is InChI=1S/C25H17FN4O3/c26-20-8-10-21(11-9-20)28-25(31)16-29-15-19(23-6-1-2-7-24(23)29)12-18(14-27)17-4-3-5-22(13-17)30(32)33/h1-13,15H,16H2,(H,28,31). The van der Waals surface area contributed by atoms with Gasteiger partial charge in [0.05, 0.1) is 16.6 Å². The van der Waals surface area contributed by atoms with Gasteiger partial charge in [-0.25, -0.2) is 4.39 Å². The molecule has 0 aliphatic heterocycles. The van der Waals surface area contributed by atoms with Crippen LogP contribution in [0.4, 0.5) is 15.8 Å². The number of halogens is 1. The Morgan fingerprint density at radius 2 is 1.88 bits per heavy atom. The number of rotatable bonds is 6. The number of non-ortho nitro benzene ring substituents is 1. The highest BCUT2D eigenvalue weighted by Gasteiger charge is 2.13. The number of nitro benzene ring substituents is 1. The van der Waals surface area contributed by atoms with Crippen LogP contribution in [0.25, 0.3) is 22.6 Å². The van der Waals surface area contributed by atoms with Crippen LogP contribution in [0.5, 0.6) is 0 Å². The van der Waals surface area contributed by atoms with Gasteiger partial charge in [-0.2, -0.15) is 5.26 Å². The first-order valence-electron chi connectivity index (χ1n) is 9.94. The number of nitrogens with zero attached hydrogens (tertiary/aromatic N) is 3. The fraction of sp³-hybridized carbons (Fsp3) is 0.0400. The Morgan fingerprint density at radius 1 is 1.12 bits per heavy atom. The maximum absolute atomic E-state index is 13.1. The molecule has 7 nitrogen and oxygen atoms in total. The second-order valence-electron chi connectivity index (χ2n) is 7.26. The number of anilines is 1. The molecular weight excluding hydrogens is 423 g/mol. The first-order valence-corrected chi connectivity index (χ1v) is 9.94. The summed E-state index contributed by atoms with van der Waals surface area (Å²) in [7, 11) is 0. The molecule has 0 fully saturated rings. The zero-order valence-electron chi connectivity index (χ0n) is 17.2. The van der Waals surface area contributed by atoms with Gasteiger partial charge >= 0.3 is 0 Å². The van der Waals surface area contributed by atoms with E-state index in [0.717, 1.165) is 10.9 Å². The van der Waals surface area contributed by atoms with Crippen molar-refractivity contribution in [3.63, 3.8) is 0 Å². The molecule has 0 radical (unpaired) electrons. The fourth-order valence-electron chi connectivity index (χ4n) is 3.53. The second kappa shape index (κ2) is 9.16. The molecule has 0 saturated carbocycles. The van der Waals surface area contributed by atoms with Gasteiger partial charge in [0.15, 0.2) is 0 Å². The maximum atomic E-state index is 13.1. The van der Waals surface area contributed by atoms with E-state index < -0.39 is 10.7 Å². The molecule has 0 aliphatic rings. The van der Waals surface area contributed by atoms with Crippen molar-refractivity contribution in [3.8, 4) is 6.07 Å². The van der Waals surface area contributed by atoms with Crippen LogP contribution in [0.2, 0.25) is 0 Å². The predicted molar refractivity (Wildman–Crippen MR) is 124 cm³/mol. The Morgan fingerprint density at radius 3 is 2.61 bits per heavy atom. The van der Waals surface area contributed by atoms with Crippen LogP contribution < -0.4 is 5.32 Å². The van der Waals surface area contributed by atoms with E-state index in [-0.39, 0.29) is 23.7 Å². The Bertz CT molecular complexity index is 1430. The molecule has 8 heteroatoms. The van der Waals surface area contributed by atoms with Gasteiger partial charge in [0.1, 0.15) is 12.4 Å². The predicted octanol–water partition coefficient (Wildman–Crippen LogP) is 5.39. The van der Waals surface area contributed by atoms with E-state index in [0.29, 0.717) is 16.8 Å². The van der Waals surface area contributed by atoms with Gasteiger partial charge in [-0.3, -0.25) is 14.9 Å². The van der Waals surface area contributed by atoms with E-state index in [4.69, 9.17) is 0 Å². The minimum atomic E-state index is -0.510. The van der Waals surface area contributed by atoms with Crippen molar-refractivity contribution in [1.82, 2.24) is 4.57 Å². The molecule has 1 heterocycles. The number of allylic oxidation sites excluding steroid dienone is 1. The van der Waals surface area contributed by atoms with Crippen LogP contribution in [0.3, 0.4) is 0 Å². The lowest BCUT2D eigenvalue weighted by Gasteiger charge is -2.07. The monoisotopic (exact) mass is 440 g/mol. The molecule has 3 aromatic carbocycles. The Labute approximate surface area is 188 Å². The second-order valence-corrected chi connectivity index (χ2v) is 7.26. The van der Waals surface area contributed by atoms with Crippen LogP contribution in [-0.4, -0.2) is 15.4 Å². The number of carbonyl (C=O) groups excluding carboxylic acids is 1. The number of amides is 1. The van der Waals surface area contributed by atoms with Crippen molar-refractivity contribution < 1.29 is 14.1 Å². The smallest absolute Gasteiger partial charge is 0.270 e. The molecule has 0 unspecified atom stereocenters. The highest BCUT2D eigenvalue weighted by Crippen LogP contribution is 2.27. The van der Waals surface area contributed by atoms with E-state index in [1.165, 1.54) is 42.5 Å². The number of carbonyl (C=O) groups is 1. The van der Waals surface area contributed by atoms with Gasteiger partial charge < -0.3 is 9.88 Å². The Kier molecular flexibility index (Phi) is 5.96. The van der Waals surface area contributed by atoms with E-state index in [2.05, 4.69) is 11.4 Å². The SMILES string of the molecule is N#CC(=Cc1cn(CC(=O)Nc2ccc(F)cc2)c2ccccc12)c1cccc([N+](=O)[O-])c1. The molecule has 4 rings (SSSR count). The average molecular weight is 440 g/mol. The number of benzene rings is 3. The molecule has 0 spiro atoms. The Hall–Kier alpha value is -4.77. The third-order valence-corrected chi connectivity index (χ3v) is 5.05. The minimum Gasteiger partial charge on any atom is -0.337 e.